The molecule has 7 heteroatoms. The molecular weight excluding hydrogens is 361 g/mol. The van der Waals surface area contributed by atoms with Gasteiger partial charge in [0.15, 0.2) is 0 Å². The van der Waals surface area contributed by atoms with Gasteiger partial charge in [-0.25, -0.2) is 9.37 Å². The number of non-ortho nitro benzene ring substituents is 1. The van der Waals surface area contributed by atoms with E-state index in [9.17, 15) is 14.5 Å². The van der Waals surface area contributed by atoms with E-state index in [0.29, 0.717) is 6.61 Å². The number of fused-ring (bicyclic) bond motifs is 1. The molecule has 2 heterocycles. The standard InChI is InChI=1S/C21H20FN3O3/c22-17-4-1-15(2-5-17)14-28-19-9-11-24(12-10-19)21-8-3-16-13-18(25(26)27)6-7-20(16)23-21/h1-8,13,19H,9-12,14H2. The predicted molar refractivity (Wildman–Crippen MR) is 105 cm³/mol. The molecule has 0 atom stereocenters. The van der Waals surface area contributed by atoms with E-state index in [1.54, 1.807) is 24.3 Å². The summed E-state index contributed by atoms with van der Waals surface area (Å²) in [6.45, 7) is 2.15. The second-order valence-corrected chi connectivity index (χ2v) is 6.93. The molecule has 0 unspecified atom stereocenters. The highest BCUT2D eigenvalue weighted by Gasteiger charge is 2.21. The number of anilines is 1. The van der Waals surface area contributed by atoms with E-state index >= 15 is 0 Å². The average Bonchev–Trinajstić information content (AvgIpc) is 2.73. The molecule has 3 aromatic rings. The first kappa shape index (κ1) is 18.3. The van der Waals surface area contributed by atoms with Crippen LogP contribution in [0.4, 0.5) is 15.9 Å². The summed E-state index contributed by atoms with van der Waals surface area (Å²) in [5.74, 6) is 0.632. The smallest absolute Gasteiger partial charge is 0.270 e. The molecule has 6 nitrogen and oxygen atoms in total. The number of hydrogen-bond donors (Lipinski definition) is 0. The van der Waals surface area contributed by atoms with Crippen LogP contribution >= 0.6 is 0 Å². The number of ether oxygens (including phenoxy) is 1. The molecule has 28 heavy (non-hydrogen) atoms. The lowest BCUT2D eigenvalue weighted by molar-refractivity contribution is -0.384. The fraction of sp³-hybridized carbons (Fsp3) is 0.286. The van der Waals surface area contributed by atoms with Crippen molar-refractivity contribution in [1.82, 2.24) is 4.98 Å². The largest absolute Gasteiger partial charge is 0.373 e. The minimum Gasteiger partial charge on any atom is -0.373 e. The number of nitrogens with zero attached hydrogens (tertiary/aromatic N) is 3. The Balaban J connectivity index is 1.36. The number of halogens is 1. The highest BCUT2D eigenvalue weighted by atomic mass is 19.1. The van der Waals surface area contributed by atoms with Crippen LogP contribution in [0.2, 0.25) is 0 Å². The van der Waals surface area contributed by atoms with Crippen molar-refractivity contribution in [3.8, 4) is 0 Å². The monoisotopic (exact) mass is 381 g/mol. The number of rotatable bonds is 5. The summed E-state index contributed by atoms with van der Waals surface area (Å²) in [5, 5.41) is 11.7. The molecule has 0 saturated carbocycles. The van der Waals surface area contributed by atoms with Gasteiger partial charge in [-0.3, -0.25) is 10.1 Å². The first-order valence-corrected chi connectivity index (χ1v) is 9.25. The lowest BCUT2D eigenvalue weighted by Crippen LogP contribution is -2.37. The SMILES string of the molecule is O=[N+]([O-])c1ccc2nc(N3CCC(OCc4ccc(F)cc4)CC3)ccc2c1. The fourth-order valence-corrected chi connectivity index (χ4v) is 3.44. The van der Waals surface area contributed by atoms with E-state index in [1.807, 2.05) is 12.1 Å². The number of nitro benzene ring substituents is 1. The van der Waals surface area contributed by atoms with Crippen LogP contribution in [0, 0.1) is 15.9 Å². The Morgan fingerprint density at radius 2 is 1.86 bits per heavy atom. The third-order valence-corrected chi connectivity index (χ3v) is 5.03. The first-order valence-electron chi connectivity index (χ1n) is 9.25. The Kier molecular flexibility index (Phi) is 5.16. The summed E-state index contributed by atoms with van der Waals surface area (Å²) in [6.07, 6.45) is 1.95. The van der Waals surface area contributed by atoms with Gasteiger partial charge >= 0.3 is 0 Å². The molecule has 0 N–H and O–H groups in total. The van der Waals surface area contributed by atoms with Crippen LogP contribution < -0.4 is 4.90 Å². The van der Waals surface area contributed by atoms with Crippen LogP contribution in [0.5, 0.6) is 0 Å². The van der Waals surface area contributed by atoms with E-state index in [2.05, 4.69) is 9.88 Å². The molecule has 1 fully saturated rings. The Morgan fingerprint density at radius 3 is 2.57 bits per heavy atom. The molecule has 1 aliphatic heterocycles. The highest BCUT2D eigenvalue weighted by Crippen LogP contribution is 2.25. The summed E-state index contributed by atoms with van der Waals surface area (Å²) in [4.78, 5) is 17.4. The van der Waals surface area contributed by atoms with Crippen LogP contribution in [0.15, 0.2) is 54.6 Å². The summed E-state index contributed by atoms with van der Waals surface area (Å²) in [5.41, 5.74) is 1.79. The molecule has 2 aromatic carbocycles. The van der Waals surface area contributed by atoms with Gasteiger partial charge in [-0.05, 0) is 48.7 Å². The molecule has 4 rings (SSSR count). The third kappa shape index (κ3) is 4.09. The minimum atomic E-state index is -0.399. The number of nitro groups is 1. The van der Waals surface area contributed by atoms with Gasteiger partial charge in [0.2, 0.25) is 0 Å². The van der Waals surface area contributed by atoms with E-state index in [-0.39, 0.29) is 17.6 Å². The Morgan fingerprint density at radius 1 is 1.11 bits per heavy atom. The van der Waals surface area contributed by atoms with Gasteiger partial charge in [-0.1, -0.05) is 12.1 Å². The molecule has 1 aliphatic rings. The van der Waals surface area contributed by atoms with Crippen LogP contribution in [0.25, 0.3) is 10.9 Å². The van der Waals surface area contributed by atoms with Gasteiger partial charge in [0.05, 0.1) is 23.2 Å². The minimum absolute atomic E-state index is 0.0705. The van der Waals surface area contributed by atoms with Crippen molar-refractivity contribution in [3.05, 3.63) is 76.1 Å². The van der Waals surface area contributed by atoms with Gasteiger partial charge < -0.3 is 9.64 Å². The molecular formula is C21H20FN3O3. The van der Waals surface area contributed by atoms with Gasteiger partial charge in [0, 0.05) is 30.6 Å². The molecule has 0 radical (unpaired) electrons. The molecule has 0 bridgehead atoms. The molecule has 0 spiro atoms. The fourth-order valence-electron chi connectivity index (χ4n) is 3.44. The zero-order valence-electron chi connectivity index (χ0n) is 15.3. The Bertz CT molecular complexity index is 986. The lowest BCUT2D eigenvalue weighted by atomic mass is 10.1. The van der Waals surface area contributed by atoms with Crippen molar-refractivity contribution in [2.45, 2.75) is 25.6 Å². The maximum atomic E-state index is 13.0. The first-order chi connectivity index (χ1) is 13.6. The van der Waals surface area contributed by atoms with Crippen molar-refractivity contribution < 1.29 is 14.1 Å². The van der Waals surface area contributed by atoms with Gasteiger partial charge in [-0.2, -0.15) is 0 Å². The normalized spacial score (nSPS) is 15.1. The topological polar surface area (TPSA) is 68.5 Å². The maximum absolute atomic E-state index is 13.0. The second kappa shape index (κ2) is 7.90. The third-order valence-electron chi connectivity index (χ3n) is 5.03. The molecule has 0 amide bonds. The number of hydrogen-bond acceptors (Lipinski definition) is 5. The molecule has 144 valence electrons. The number of aromatic nitrogens is 1. The van der Waals surface area contributed by atoms with Crippen molar-refractivity contribution in [3.63, 3.8) is 0 Å². The number of pyridine rings is 1. The van der Waals surface area contributed by atoms with E-state index in [0.717, 1.165) is 48.2 Å². The Hall–Kier alpha value is -3.06. The second-order valence-electron chi connectivity index (χ2n) is 6.93. The van der Waals surface area contributed by atoms with Crippen molar-refractivity contribution >= 4 is 22.4 Å². The zero-order chi connectivity index (χ0) is 19.5. The number of benzene rings is 2. The zero-order valence-corrected chi connectivity index (χ0v) is 15.3. The van der Waals surface area contributed by atoms with Crippen molar-refractivity contribution in [2.24, 2.45) is 0 Å². The maximum Gasteiger partial charge on any atom is 0.270 e. The lowest BCUT2D eigenvalue weighted by Gasteiger charge is -2.32. The van der Waals surface area contributed by atoms with E-state index in [1.165, 1.54) is 18.2 Å². The quantitative estimate of drug-likeness (QED) is 0.482. The number of piperidine rings is 1. The summed E-state index contributed by atoms with van der Waals surface area (Å²) in [7, 11) is 0. The molecule has 1 saturated heterocycles. The van der Waals surface area contributed by atoms with Gasteiger partial charge in [0.1, 0.15) is 11.6 Å². The predicted octanol–water partition coefficient (Wildman–Crippen LogP) is 4.47. The molecule has 1 aromatic heterocycles. The Labute approximate surface area is 161 Å². The average molecular weight is 381 g/mol. The van der Waals surface area contributed by atoms with E-state index < -0.39 is 4.92 Å². The van der Waals surface area contributed by atoms with Crippen LogP contribution in [0.1, 0.15) is 18.4 Å². The summed E-state index contributed by atoms with van der Waals surface area (Å²) >= 11 is 0. The summed E-state index contributed by atoms with van der Waals surface area (Å²) < 4.78 is 18.9. The van der Waals surface area contributed by atoms with Gasteiger partial charge in [-0.15, -0.1) is 0 Å². The van der Waals surface area contributed by atoms with E-state index in [4.69, 9.17) is 4.74 Å². The van der Waals surface area contributed by atoms with Crippen LogP contribution in [-0.2, 0) is 11.3 Å². The summed E-state index contributed by atoms with van der Waals surface area (Å²) in [6, 6.07) is 14.9. The van der Waals surface area contributed by atoms with Crippen molar-refractivity contribution in [2.75, 3.05) is 18.0 Å². The highest BCUT2D eigenvalue weighted by molar-refractivity contribution is 5.82. The molecule has 0 aliphatic carbocycles. The van der Waals surface area contributed by atoms with Crippen LogP contribution in [-0.4, -0.2) is 29.1 Å². The van der Waals surface area contributed by atoms with Crippen LogP contribution in [0.3, 0.4) is 0 Å². The van der Waals surface area contributed by atoms with Gasteiger partial charge in [0.25, 0.3) is 5.69 Å². The van der Waals surface area contributed by atoms with Crippen molar-refractivity contribution in [1.29, 1.82) is 0 Å².